The Bertz CT molecular complexity index is 1310. The van der Waals surface area contributed by atoms with Crippen LogP contribution in [-0.4, -0.2) is 46.4 Å². The van der Waals surface area contributed by atoms with E-state index in [9.17, 15) is 18.0 Å². The average molecular weight is 445 g/mol. The average Bonchev–Trinajstić information content (AvgIpc) is 3.44. The smallest absolute Gasteiger partial charge is 0.298 e. The number of nitrogens with one attached hydrogen (secondary N) is 2. The van der Waals surface area contributed by atoms with Crippen LogP contribution in [0, 0.1) is 6.92 Å². The highest BCUT2D eigenvalue weighted by Gasteiger charge is 2.35. The molecule has 3 aromatic rings. The third kappa shape index (κ3) is 3.14. The lowest BCUT2D eigenvalue weighted by Gasteiger charge is -2.15. The van der Waals surface area contributed by atoms with Gasteiger partial charge >= 0.3 is 0 Å². The molecule has 30 heavy (non-hydrogen) atoms. The summed E-state index contributed by atoms with van der Waals surface area (Å²) in [5, 5.41) is 8.05. The monoisotopic (exact) mass is 444 g/mol. The van der Waals surface area contributed by atoms with Gasteiger partial charge in [-0.25, -0.2) is 13.1 Å². The van der Waals surface area contributed by atoms with E-state index in [0.717, 1.165) is 16.8 Å². The largest absolute Gasteiger partial charge is 0.358 e. The number of hydrogen-bond donors (Lipinski definition) is 2. The molecule has 4 heterocycles. The number of Topliss-reactive ketones (excluding diaryl/α,β-unsaturated/α-hetero) is 1. The minimum Gasteiger partial charge on any atom is -0.358 e. The zero-order chi connectivity index (χ0) is 21.0. The molecule has 2 aromatic heterocycles. The van der Waals surface area contributed by atoms with E-state index >= 15 is 0 Å². The number of aromatic amines is 1. The first-order valence-corrected chi connectivity index (χ1v) is 12.6. The van der Waals surface area contributed by atoms with Gasteiger partial charge in [0.1, 0.15) is 5.82 Å². The lowest BCUT2D eigenvalue weighted by atomic mass is 10.1. The van der Waals surface area contributed by atoms with Crippen LogP contribution in [0.15, 0.2) is 24.3 Å². The molecule has 1 amide bonds. The lowest BCUT2D eigenvalue weighted by molar-refractivity contribution is -0.112. The van der Waals surface area contributed by atoms with Gasteiger partial charge < -0.3 is 10.3 Å². The Balaban J connectivity index is 1.49. The summed E-state index contributed by atoms with van der Waals surface area (Å²) in [6.07, 6.45) is 0.453. The Hall–Kier alpha value is -2.59. The molecule has 2 aliphatic rings. The summed E-state index contributed by atoms with van der Waals surface area (Å²) >= 11 is 1.68. The van der Waals surface area contributed by atoms with Gasteiger partial charge in [-0.15, -0.1) is 0 Å². The summed E-state index contributed by atoms with van der Waals surface area (Å²) in [6.45, 7) is 1.77. The molecular weight excluding hydrogens is 424 g/mol. The molecule has 0 saturated carbocycles. The Labute approximate surface area is 177 Å². The number of ketones is 1. The van der Waals surface area contributed by atoms with Crippen molar-refractivity contribution in [1.82, 2.24) is 14.8 Å². The number of anilines is 1. The van der Waals surface area contributed by atoms with Crippen LogP contribution in [0.4, 0.5) is 5.82 Å². The number of thioether (sulfide) groups is 1. The molecule has 10 heteroatoms. The second-order valence-electron chi connectivity index (χ2n) is 7.72. The molecule has 0 aliphatic carbocycles. The Kier molecular flexibility index (Phi) is 4.51. The van der Waals surface area contributed by atoms with Gasteiger partial charge in [-0.05, 0) is 19.4 Å². The summed E-state index contributed by atoms with van der Waals surface area (Å²) in [6, 6.07) is 7.02. The van der Waals surface area contributed by atoms with Crippen LogP contribution < -0.4 is 5.32 Å². The van der Waals surface area contributed by atoms with E-state index in [0.29, 0.717) is 40.4 Å². The lowest BCUT2D eigenvalue weighted by Crippen LogP contribution is -2.26. The molecule has 1 fully saturated rings. The predicted octanol–water partition coefficient (Wildman–Crippen LogP) is 2.60. The number of nitrogens with zero attached hydrogens (tertiary/aromatic N) is 2. The van der Waals surface area contributed by atoms with Crippen LogP contribution in [0.25, 0.3) is 10.9 Å². The quantitative estimate of drug-likeness (QED) is 0.472. The van der Waals surface area contributed by atoms with Gasteiger partial charge in [-0.2, -0.15) is 16.9 Å². The van der Waals surface area contributed by atoms with Crippen molar-refractivity contribution in [2.75, 3.05) is 16.8 Å². The SMILES string of the molecule is Cc1[nH]c2ccccc2c1C(=O)C(=O)Nc1c2c(nn1C1CCS(=O)(=O)C1)CSC2. The standard InChI is InChI=1S/C20H20N4O4S2/c1-11-17(13-4-2-3-5-15(13)21-11)18(25)20(26)22-19-14-8-29-9-16(14)23-24(19)12-6-7-30(27,28)10-12/h2-5,12,21H,6-10H2,1H3,(H,22,26). The van der Waals surface area contributed by atoms with Gasteiger partial charge in [0.05, 0.1) is 28.8 Å². The van der Waals surface area contributed by atoms with Crippen LogP contribution in [0.3, 0.4) is 0 Å². The first-order valence-electron chi connectivity index (χ1n) is 9.65. The van der Waals surface area contributed by atoms with Crippen LogP contribution in [0.5, 0.6) is 0 Å². The molecule has 1 unspecified atom stereocenters. The first-order chi connectivity index (χ1) is 14.3. The highest BCUT2D eigenvalue weighted by atomic mass is 32.2. The number of fused-ring (bicyclic) bond motifs is 2. The molecule has 156 valence electrons. The van der Waals surface area contributed by atoms with E-state index in [4.69, 9.17) is 0 Å². The maximum absolute atomic E-state index is 13.0. The van der Waals surface area contributed by atoms with E-state index in [-0.39, 0.29) is 17.5 Å². The minimum atomic E-state index is -3.11. The molecule has 1 saturated heterocycles. The number of amides is 1. The molecule has 0 spiro atoms. The molecule has 2 aliphatic heterocycles. The van der Waals surface area contributed by atoms with Crippen molar-refractivity contribution in [3.8, 4) is 0 Å². The number of aromatic nitrogens is 3. The molecular formula is C20H20N4O4S2. The summed E-state index contributed by atoms with van der Waals surface area (Å²) in [5.41, 5.74) is 3.50. The van der Waals surface area contributed by atoms with Crippen LogP contribution >= 0.6 is 11.8 Å². The second kappa shape index (κ2) is 6.98. The predicted molar refractivity (Wildman–Crippen MR) is 116 cm³/mol. The van der Waals surface area contributed by atoms with Gasteiger partial charge in [-0.1, -0.05) is 18.2 Å². The fourth-order valence-electron chi connectivity index (χ4n) is 4.25. The van der Waals surface area contributed by atoms with E-state index in [1.807, 2.05) is 18.2 Å². The van der Waals surface area contributed by atoms with Gasteiger partial charge in [0, 0.05) is 33.7 Å². The molecule has 8 nitrogen and oxygen atoms in total. The number of hydrogen-bond acceptors (Lipinski definition) is 6. The van der Waals surface area contributed by atoms with E-state index < -0.39 is 21.5 Å². The normalized spacial score (nSPS) is 19.8. The van der Waals surface area contributed by atoms with E-state index in [1.165, 1.54) is 0 Å². The van der Waals surface area contributed by atoms with Crippen molar-refractivity contribution in [3.05, 3.63) is 46.8 Å². The fraction of sp³-hybridized carbons (Fsp3) is 0.350. The number of H-pyrrole nitrogens is 1. The number of sulfone groups is 1. The van der Waals surface area contributed by atoms with Crippen LogP contribution in [0.2, 0.25) is 0 Å². The second-order valence-corrected chi connectivity index (χ2v) is 10.9. The van der Waals surface area contributed by atoms with Crippen molar-refractivity contribution < 1.29 is 18.0 Å². The van der Waals surface area contributed by atoms with Crippen molar-refractivity contribution in [2.24, 2.45) is 0 Å². The molecule has 0 bridgehead atoms. The first kappa shape index (κ1) is 19.4. The molecule has 0 radical (unpaired) electrons. The maximum atomic E-state index is 13.0. The van der Waals surface area contributed by atoms with Gasteiger partial charge in [0.15, 0.2) is 9.84 Å². The molecule has 2 N–H and O–H groups in total. The summed E-state index contributed by atoms with van der Waals surface area (Å²) in [5.74, 6) is 0.565. The maximum Gasteiger partial charge on any atom is 0.298 e. The Morgan fingerprint density at radius 1 is 1.27 bits per heavy atom. The Morgan fingerprint density at radius 3 is 2.83 bits per heavy atom. The van der Waals surface area contributed by atoms with Gasteiger partial charge in [0.25, 0.3) is 11.7 Å². The summed E-state index contributed by atoms with van der Waals surface area (Å²) in [7, 11) is -3.11. The van der Waals surface area contributed by atoms with E-state index in [2.05, 4.69) is 15.4 Å². The van der Waals surface area contributed by atoms with Gasteiger partial charge in [-0.3, -0.25) is 9.59 Å². The van der Waals surface area contributed by atoms with E-state index in [1.54, 1.807) is 29.4 Å². The van der Waals surface area contributed by atoms with Crippen molar-refractivity contribution in [3.63, 3.8) is 0 Å². The third-order valence-corrected chi connectivity index (χ3v) is 8.41. The topological polar surface area (TPSA) is 114 Å². The number of rotatable bonds is 4. The summed E-state index contributed by atoms with van der Waals surface area (Å²) in [4.78, 5) is 29.1. The van der Waals surface area contributed by atoms with Crippen molar-refractivity contribution in [2.45, 2.75) is 30.9 Å². The van der Waals surface area contributed by atoms with Crippen LogP contribution in [-0.2, 0) is 26.1 Å². The van der Waals surface area contributed by atoms with Crippen molar-refractivity contribution in [1.29, 1.82) is 0 Å². The third-order valence-electron chi connectivity index (χ3n) is 5.69. The summed E-state index contributed by atoms with van der Waals surface area (Å²) < 4.78 is 25.5. The number of carbonyl (C=O) groups is 2. The number of para-hydroxylation sites is 1. The molecule has 5 rings (SSSR count). The number of aryl methyl sites for hydroxylation is 1. The molecule has 1 atom stereocenters. The highest BCUT2D eigenvalue weighted by Crippen LogP contribution is 2.38. The van der Waals surface area contributed by atoms with Gasteiger partial charge in [0.2, 0.25) is 0 Å². The zero-order valence-corrected chi connectivity index (χ0v) is 17.9. The molecule has 1 aromatic carbocycles. The number of benzene rings is 1. The Morgan fingerprint density at radius 2 is 2.07 bits per heavy atom. The van der Waals surface area contributed by atoms with Crippen molar-refractivity contribution >= 4 is 50.0 Å². The number of carbonyl (C=O) groups excluding carboxylic acids is 2. The highest BCUT2D eigenvalue weighted by molar-refractivity contribution is 7.98. The van der Waals surface area contributed by atoms with Crippen LogP contribution in [0.1, 0.15) is 39.8 Å². The zero-order valence-electron chi connectivity index (χ0n) is 16.3. The minimum absolute atomic E-state index is 0.000917. The fourth-order valence-corrected chi connectivity index (χ4v) is 6.97.